The van der Waals surface area contributed by atoms with Crippen molar-refractivity contribution >= 4 is 17.9 Å². The van der Waals surface area contributed by atoms with E-state index in [0.717, 1.165) is 83.5 Å². The molecule has 0 bridgehead atoms. The van der Waals surface area contributed by atoms with Crippen LogP contribution in [0.4, 0.5) is 0 Å². The minimum absolute atomic E-state index is 0.0971. The molecule has 0 spiro atoms. The molecular formula is C57H98O6. The zero-order chi connectivity index (χ0) is 45.8. The highest BCUT2D eigenvalue weighted by Gasteiger charge is 2.19. The number of esters is 3. The Bertz CT molecular complexity index is 1190. The molecule has 0 aromatic rings. The van der Waals surface area contributed by atoms with Crippen LogP contribution in [0.25, 0.3) is 0 Å². The van der Waals surface area contributed by atoms with E-state index in [4.69, 9.17) is 14.2 Å². The Labute approximate surface area is 389 Å². The third kappa shape index (κ3) is 49.7. The number of rotatable bonds is 47. The van der Waals surface area contributed by atoms with Gasteiger partial charge in [-0.05, 0) is 70.6 Å². The Morgan fingerprint density at radius 1 is 0.349 bits per heavy atom. The van der Waals surface area contributed by atoms with Gasteiger partial charge >= 0.3 is 17.9 Å². The molecule has 0 saturated heterocycles. The van der Waals surface area contributed by atoms with E-state index in [1.165, 1.54) is 128 Å². The standard InChI is InChI=1S/C57H98O6/c1-4-7-10-13-16-19-22-25-27-28-30-32-35-38-41-44-47-50-56(59)62-53-54(52-61-55(58)49-46-43-40-37-34-31-24-21-18-15-12-9-6-3)63-57(60)51-48-45-42-39-36-33-29-26-23-20-17-14-11-8-5-2/h8,11,17,20-21,24,26,29,36,39,45,48,54H,4-7,9-10,12-16,18-19,22-23,25,27-28,30-35,37-38,40-44,46-47,49-53H2,1-3H3/b11-8-,20-17-,24-21-,29-26-,39-36-,48-45-. The maximum Gasteiger partial charge on any atom is 0.310 e. The molecule has 0 aliphatic carbocycles. The van der Waals surface area contributed by atoms with Crippen molar-refractivity contribution in [2.75, 3.05) is 13.2 Å². The van der Waals surface area contributed by atoms with Gasteiger partial charge in [-0.25, -0.2) is 0 Å². The average molecular weight is 879 g/mol. The van der Waals surface area contributed by atoms with E-state index in [2.05, 4.69) is 81.5 Å². The molecule has 1 unspecified atom stereocenters. The first kappa shape index (κ1) is 59.9. The lowest BCUT2D eigenvalue weighted by Gasteiger charge is -2.18. The normalized spacial score (nSPS) is 12.6. The fourth-order valence-electron chi connectivity index (χ4n) is 7.28. The first-order valence-electron chi connectivity index (χ1n) is 26.4. The first-order valence-corrected chi connectivity index (χ1v) is 26.4. The maximum absolute atomic E-state index is 12.7. The predicted octanol–water partition coefficient (Wildman–Crippen LogP) is 17.4. The summed E-state index contributed by atoms with van der Waals surface area (Å²) in [5, 5.41) is 0. The monoisotopic (exact) mass is 879 g/mol. The maximum atomic E-state index is 12.7. The Kier molecular flexibility index (Phi) is 48.9. The van der Waals surface area contributed by atoms with Crippen molar-refractivity contribution in [2.24, 2.45) is 0 Å². The number of hydrogen-bond acceptors (Lipinski definition) is 6. The summed E-state index contributed by atoms with van der Waals surface area (Å²) in [6.45, 7) is 6.43. The smallest absolute Gasteiger partial charge is 0.310 e. The number of allylic oxidation sites excluding steroid dienone is 11. The van der Waals surface area contributed by atoms with Gasteiger partial charge in [0.15, 0.2) is 6.10 Å². The van der Waals surface area contributed by atoms with E-state index < -0.39 is 12.1 Å². The molecule has 362 valence electrons. The summed E-state index contributed by atoms with van der Waals surface area (Å²) >= 11 is 0. The van der Waals surface area contributed by atoms with Crippen LogP contribution in [0.3, 0.4) is 0 Å². The Balaban J connectivity index is 4.47. The van der Waals surface area contributed by atoms with Crippen LogP contribution in [0.1, 0.15) is 252 Å². The zero-order valence-corrected chi connectivity index (χ0v) is 41.3. The van der Waals surface area contributed by atoms with Crippen LogP contribution in [0, 0.1) is 0 Å². The van der Waals surface area contributed by atoms with Crippen molar-refractivity contribution in [2.45, 2.75) is 258 Å². The van der Waals surface area contributed by atoms with E-state index in [1.807, 2.05) is 6.08 Å². The van der Waals surface area contributed by atoms with E-state index >= 15 is 0 Å². The van der Waals surface area contributed by atoms with Crippen LogP contribution in [0.2, 0.25) is 0 Å². The van der Waals surface area contributed by atoms with Crippen LogP contribution in [0.5, 0.6) is 0 Å². The molecule has 0 aromatic heterocycles. The lowest BCUT2D eigenvalue weighted by atomic mass is 10.0. The summed E-state index contributed by atoms with van der Waals surface area (Å²) in [7, 11) is 0. The molecule has 0 heterocycles. The summed E-state index contributed by atoms with van der Waals surface area (Å²) in [4.78, 5) is 37.9. The fourth-order valence-corrected chi connectivity index (χ4v) is 7.28. The van der Waals surface area contributed by atoms with Crippen molar-refractivity contribution in [3.63, 3.8) is 0 Å². The fraction of sp³-hybridized carbons (Fsp3) is 0.737. The molecule has 0 aliphatic heterocycles. The largest absolute Gasteiger partial charge is 0.462 e. The van der Waals surface area contributed by atoms with E-state index in [0.29, 0.717) is 12.8 Å². The minimum atomic E-state index is -0.830. The molecule has 0 saturated carbocycles. The summed E-state index contributed by atoms with van der Waals surface area (Å²) in [5.74, 6) is -1.05. The quantitative estimate of drug-likeness (QED) is 0.0262. The summed E-state index contributed by atoms with van der Waals surface area (Å²) in [6.07, 6.45) is 64.8. The van der Waals surface area contributed by atoms with Gasteiger partial charge < -0.3 is 14.2 Å². The molecule has 0 fully saturated rings. The number of carbonyl (C=O) groups is 3. The van der Waals surface area contributed by atoms with Gasteiger partial charge in [-0.1, -0.05) is 235 Å². The average Bonchev–Trinajstić information content (AvgIpc) is 3.28. The van der Waals surface area contributed by atoms with Crippen LogP contribution in [-0.4, -0.2) is 37.2 Å². The van der Waals surface area contributed by atoms with Crippen molar-refractivity contribution in [3.05, 3.63) is 72.9 Å². The van der Waals surface area contributed by atoms with Gasteiger partial charge in [0.05, 0.1) is 6.42 Å². The Morgan fingerprint density at radius 2 is 0.667 bits per heavy atom. The van der Waals surface area contributed by atoms with E-state index in [1.54, 1.807) is 6.08 Å². The third-order valence-corrected chi connectivity index (χ3v) is 11.2. The van der Waals surface area contributed by atoms with Crippen LogP contribution >= 0.6 is 0 Å². The molecule has 6 heteroatoms. The van der Waals surface area contributed by atoms with Gasteiger partial charge in [-0.2, -0.15) is 0 Å². The SMILES string of the molecule is CC/C=C\C/C=C\C/C=C\C/C=C\C/C=C\CC(=O)OC(COC(=O)CCCCCCC/C=C\CCCCCC)COC(=O)CCCCCCCCCCCCCCCCCCC. The molecule has 0 aromatic carbocycles. The van der Waals surface area contributed by atoms with Crippen LogP contribution < -0.4 is 0 Å². The summed E-state index contributed by atoms with van der Waals surface area (Å²) in [5.41, 5.74) is 0. The topological polar surface area (TPSA) is 78.9 Å². The van der Waals surface area contributed by atoms with E-state index in [-0.39, 0.29) is 31.6 Å². The van der Waals surface area contributed by atoms with Crippen molar-refractivity contribution < 1.29 is 28.6 Å². The summed E-state index contributed by atoms with van der Waals surface area (Å²) in [6, 6.07) is 0. The molecule has 0 aliphatic rings. The molecule has 1 atom stereocenters. The van der Waals surface area contributed by atoms with Crippen LogP contribution in [0.15, 0.2) is 72.9 Å². The second-order valence-corrected chi connectivity index (χ2v) is 17.4. The molecule has 0 radical (unpaired) electrons. The number of hydrogen-bond donors (Lipinski definition) is 0. The highest BCUT2D eigenvalue weighted by Crippen LogP contribution is 2.15. The van der Waals surface area contributed by atoms with Gasteiger partial charge in [0, 0.05) is 12.8 Å². The molecule has 0 N–H and O–H groups in total. The van der Waals surface area contributed by atoms with Gasteiger partial charge in [0.1, 0.15) is 13.2 Å². The van der Waals surface area contributed by atoms with Crippen LogP contribution in [-0.2, 0) is 28.6 Å². The first-order chi connectivity index (χ1) is 31.0. The molecule has 0 amide bonds. The highest BCUT2D eigenvalue weighted by molar-refractivity contribution is 5.72. The van der Waals surface area contributed by atoms with Crippen molar-refractivity contribution in [1.82, 2.24) is 0 Å². The minimum Gasteiger partial charge on any atom is -0.462 e. The molecule has 6 nitrogen and oxygen atoms in total. The molecule has 0 rings (SSSR count). The predicted molar refractivity (Wildman–Crippen MR) is 270 cm³/mol. The van der Waals surface area contributed by atoms with Crippen molar-refractivity contribution in [3.8, 4) is 0 Å². The highest BCUT2D eigenvalue weighted by atomic mass is 16.6. The number of ether oxygens (including phenoxy) is 3. The van der Waals surface area contributed by atoms with Gasteiger partial charge in [-0.15, -0.1) is 0 Å². The van der Waals surface area contributed by atoms with Gasteiger partial charge in [0.2, 0.25) is 0 Å². The number of unbranched alkanes of at least 4 members (excludes halogenated alkanes) is 25. The Morgan fingerprint density at radius 3 is 1.05 bits per heavy atom. The molecular weight excluding hydrogens is 781 g/mol. The Hall–Kier alpha value is -3.15. The van der Waals surface area contributed by atoms with Gasteiger partial charge in [0.25, 0.3) is 0 Å². The molecule has 63 heavy (non-hydrogen) atoms. The summed E-state index contributed by atoms with van der Waals surface area (Å²) < 4.78 is 16.7. The third-order valence-electron chi connectivity index (χ3n) is 11.2. The second-order valence-electron chi connectivity index (χ2n) is 17.4. The lowest BCUT2D eigenvalue weighted by Crippen LogP contribution is -2.30. The van der Waals surface area contributed by atoms with Gasteiger partial charge in [-0.3, -0.25) is 14.4 Å². The van der Waals surface area contributed by atoms with E-state index in [9.17, 15) is 14.4 Å². The second kappa shape index (κ2) is 51.5. The number of carbonyl (C=O) groups excluding carboxylic acids is 3. The lowest BCUT2D eigenvalue weighted by molar-refractivity contribution is -0.166. The zero-order valence-electron chi connectivity index (χ0n) is 41.3. The van der Waals surface area contributed by atoms with Crippen molar-refractivity contribution in [1.29, 1.82) is 0 Å².